The number of halogens is 3. The minimum atomic E-state index is -4.42. The lowest BCUT2D eigenvalue weighted by atomic mass is 9.95. The molecule has 1 aliphatic rings. The summed E-state index contributed by atoms with van der Waals surface area (Å²) < 4.78 is 54.6. The van der Waals surface area contributed by atoms with Crippen LogP contribution in [0.1, 0.15) is 38.9 Å². The number of fused-ring (bicyclic) bond motifs is 1. The van der Waals surface area contributed by atoms with Crippen molar-refractivity contribution in [2.45, 2.75) is 57.4 Å². The molecule has 1 N–H and O–H groups in total. The molecule has 0 aromatic heterocycles. The summed E-state index contributed by atoms with van der Waals surface area (Å²) in [5, 5.41) is 2.83. The van der Waals surface area contributed by atoms with Crippen LogP contribution in [0.5, 0.6) is 0 Å². The maximum atomic E-state index is 14.4. The van der Waals surface area contributed by atoms with Crippen molar-refractivity contribution in [3.05, 3.63) is 99.6 Å². The van der Waals surface area contributed by atoms with E-state index in [0.29, 0.717) is 23.4 Å². The van der Waals surface area contributed by atoms with Gasteiger partial charge in [0, 0.05) is 13.1 Å². The van der Waals surface area contributed by atoms with Crippen LogP contribution in [0, 0.1) is 20.8 Å². The molecule has 2 unspecified atom stereocenters. The first kappa shape index (κ1) is 26.0. The van der Waals surface area contributed by atoms with Crippen molar-refractivity contribution in [1.82, 2.24) is 9.62 Å². The second-order valence-corrected chi connectivity index (χ2v) is 11.5. The van der Waals surface area contributed by atoms with E-state index in [1.807, 2.05) is 57.2 Å². The molecule has 0 radical (unpaired) electrons. The van der Waals surface area contributed by atoms with E-state index >= 15 is 0 Å². The average molecular weight is 515 g/mol. The summed E-state index contributed by atoms with van der Waals surface area (Å²) in [5.41, 5.74) is 4.55. The molecule has 4 nitrogen and oxygen atoms in total. The maximum Gasteiger partial charge on any atom is 0.416 e. The molecule has 190 valence electrons. The summed E-state index contributed by atoms with van der Waals surface area (Å²) in [7, 11) is -3.03. The van der Waals surface area contributed by atoms with E-state index in [9.17, 15) is 22.2 Å². The zero-order valence-electron chi connectivity index (χ0n) is 20.5. The van der Waals surface area contributed by atoms with Crippen molar-refractivity contribution in [3.8, 4) is 0 Å². The SMILES string of the molecule is C=S(=O)(c1c(C)cc(C)cc1C)N1Cc2ccccc2CC1C(=O)NCc1ccc(C(F)(F)F)cc1. The average Bonchev–Trinajstić information content (AvgIpc) is 2.80. The van der Waals surface area contributed by atoms with E-state index in [1.165, 1.54) is 12.1 Å². The van der Waals surface area contributed by atoms with Crippen LogP contribution in [0.3, 0.4) is 0 Å². The lowest BCUT2D eigenvalue weighted by Crippen LogP contribution is -2.52. The smallest absolute Gasteiger partial charge is 0.351 e. The quantitative estimate of drug-likeness (QED) is 0.466. The molecule has 1 amide bonds. The number of nitrogens with zero attached hydrogens (tertiary/aromatic N) is 1. The highest BCUT2D eigenvalue weighted by Crippen LogP contribution is 2.33. The minimum Gasteiger partial charge on any atom is -0.351 e. The fourth-order valence-electron chi connectivity index (χ4n) is 4.94. The van der Waals surface area contributed by atoms with Gasteiger partial charge in [-0.15, -0.1) is 0 Å². The van der Waals surface area contributed by atoms with Gasteiger partial charge in [-0.3, -0.25) is 4.79 Å². The van der Waals surface area contributed by atoms with Crippen molar-refractivity contribution in [1.29, 1.82) is 0 Å². The fourth-order valence-corrected chi connectivity index (χ4v) is 7.23. The molecule has 2 atom stereocenters. The van der Waals surface area contributed by atoms with Gasteiger partial charge in [-0.25, -0.2) is 8.51 Å². The molecule has 0 saturated heterocycles. The van der Waals surface area contributed by atoms with Gasteiger partial charge in [-0.05, 0) is 73.0 Å². The number of carbonyl (C=O) groups is 1. The highest BCUT2D eigenvalue weighted by atomic mass is 32.2. The Bertz CT molecular complexity index is 1370. The van der Waals surface area contributed by atoms with Crippen LogP contribution in [-0.2, 0) is 40.2 Å². The summed E-state index contributed by atoms with van der Waals surface area (Å²) in [6.07, 6.45) is -4.07. The standard InChI is InChI=1S/C28H29F3N2O2S/c1-18-13-19(2)26(20(3)14-18)36(4,35)33-17-23-8-6-5-7-22(23)15-25(33)27(34)32-16-21-9-11-24(12-10-21)28(29,30)31/h5-14,25H,4,15-17H2,1-3H3,(H,32,34). The molecule has 3 aromatic rings. The highest BCUT2D eigenvalue weighted by Gasteiger charge is 2.37. The predicted molar refractivity (Wildman–Crippen MR) is 137 cm³/mol. The second kappa shape index (κ2) is 9.75. The van der Waals surface area contributed by atoms with Crippen molar-refractivity contribution >= 4 is 21.5 Å². The first-order valence-corrected chi connectivity index (χ1v) is 13.3. The Morgan fingerprint density at radius 3 is 2.19 bits per heavy atom. The van der Waals surface area contributed by atoms with Crippen LogP contribution in [0.4, 0.5) is 13.2 Å². The van der Waals surface area contributed by atoms with E-state index in [0.717, 1.165) is 39.9 Å². The van der Waals surface area contributed by atoms with Gasteiger partial charge < -0.3 is 5.32 Å². The third-order valence-electron chi connectivity index (χ3n) is 6.56. The monoisotopic (exact) mass is 514 g/mol. The van der Waals surface area contributed by atoms with Gasteiger partial charge in [-0.1, -0.05) is 54.1 Å². The van der Waals surface area contributed by atoms with Gasteiger partial charge in [0.1, 0.15) is 6.04 Å². The third kappa shape index (κ3) is 5.20. The second-order valence-electron chi connectivity index (χ2n) is 9.34. The third-order valence-corrected chi connectivity index (χ3v) is 8.98. The minimum absolute atomic E-state index is 0.0594. The normalized spacial score (nSPS) is 17.8. The fraction of sp³-hybridized carbons (Fsp3) is 0.286. The number of hydrogen-bond acceptors (Lipinski definition) is 2. The lowest BCUT2D eigenvalue weighted by molar-refractivity contribution is -0.137. The van der Waals surface area contributed by atoms with Gasteiger partial charge >= 0.3 is 6.18 Å². The molecule has 4 rings (SSSR count). The lowest BCUT2D eigenvalue weighted by Gasteiger charge is -2.38. The van der Waals surface area contributed by atoms with Crippen LogP contribution < -0.4 is 5.32 Å². The molecule has 36 heavy (non-hydrogen) atoms. The van der Waals surface area contributed by atoms with E-state index in [1.54, 1.807) is 4.31 Å². The molecule has 3 aromatic carbocycles. The molecule has 1 aliphatic heterocycles. The summed E-state index contributed by atoms with van der Waals surface area (Å²) in [6.45, 7) is 6.13. The largest absolute Gasteiger partial charge is 0.416 e. The van der Waals surface area contributed by atoms with Crippen LogP contribution in [-0.4, -0.2) is 26.3 Å². The zero-order valence-corrected chi connectivity index (χ0v) is 21.3. The molecule has 0 bridgehead atoms. The number of carbonyl (C=O) groups excluding carboxylic acids is 1. The number of amides is 1. The van der Waals surface area contributed by atoms with Gasteiger partial charge in [0.25, 0.3) is 0 Å². The molecule has 0 saturated carbocycles. The van der Waals surface area contributed by atoms with Crippen molar-refractivity contribution in [2.75, 3.05) is 0 Å². The Kier molecular flexibility index (Phi) is 7.03. The maximum absolute atomic E-state index is 14.4. The Hall–Kier alpha value is -3.10. The van der Waals surface area contributed by atoms with E-state index in [2.05, 4.69) is 11.2 Å². The van der Waals surface area contributed by atoms with Crippen LogP contribution in [0.2, 0.25) is 0 Å². The molecule has 1 heterocycles. The van der Waals surface area contributed by atoms with Crippen molar-refractivity contribution < 1.29 is 22.2 Å². The summed E-state index contributed by atoms with van der Waals surface area (Å²) in [5.74, 6) is 3.79. The highest BCUT2D eigenvalue weighted by molar-refractivity contribution is 7.98. The van der Waals surface area contributed by atoms with Crippen molar-refractivity contribution in [2.24, 2.45) is 0 Å². The number of rotatable bonds is 5. The molecule has 0 aliphatic carbocycles. The Morgan fingerprint density at radius 1 is 1.03 bits per heavy atom. The van der Waals surface area contributed by atoms with Crippen LogP contribution in [0.25, 0.3) is 0 Å². The Labute approximate surface area is 210 Å². The van der Waals surface area contributed by atoms with Gasteiger partial charge in [-0.2, -0.15) is 13.2 Å². The van der Waals surface area contributed by atoms with Gasteiger partial charge in [0.2, 0.25) is 5.91 Å². The van der Waals surface area contributed by atoms with Crippen LogP contribution in [0.15, 0.2) is 65.6 Å². The summed E-state index contributed by atoms with van der Waals surface area (Å²) >= 11 is 0. The molecule has 0 fully saturated rings. The summed E-state index contributed by atoms with van der Waals surface area (Å²) in [6, 6.07) is 15.6. The van der Waals surface area contributed by atoms with Gasteiger partial charge in [0.15, 0.2) is 0 Å². The molecule has 8 heteroatoms. The van der Waals surface area contributed by atoms with Gasteiger partial charge in [0.05, 0.1) is 20.2 Å². The van der Waals surface area contributed by atoms with Crippen molar-refractivity contribution in [3.63, 3.8) is 0 Å². The number of hydrogen-bond donors (Lipinski definition) is 1. The topological polar surface area (TPSA) is 49.4 Å². The zero-order chi connectivity index (χ0) is 26.3. The summed E-state index contributed by atoms with van der Waals surface area (Å²) in [4.78, 5) is 14.1. The Balaban J connectivity index is 1.64. The first-order valence-electron chi connectivity index (χ1n) is 11.6. The molecule has 0 spiro atoms. The number of alkyl halides is 3. The number of benzene rings is 3. The van der Waals surface area contributed by atoms with E-state index in [-0.39, 0.29) is 12.5 Å². The van der Waals surface area contributed by atoms with Crippen LogP contribution >= 0.6 is 0 Å². The van der Waals surface area contributed by atoms with E-state index < -0.39 is 27.5 Å². The number of nitrogens with one attached hydrogen (secondary N) is 1. The predicted octanol–water partition coefficient (Wildman–Crippen LogP) is 5.36. The molecular weight excluding hydrogens is 485 g/mol. The Morgan fingerprint density at radius 2 is 1.61 bits per heavy atom. The first-order chi connectivity index (χ1) is 16.9. The van der Waals surface area contributed by atoms with E-state index in [4.69, 9.17) is 0 Å². The molecular formula is C28H29F3N2O2S. The number of aryl methyl sites for hydroxylation is 3.